The topological polar surface area (TPSA) is 89.7 Å². The summed E-state index contributed by atoms with van der Waals surface area (Å²) in [6.07, 6.45) is 0. The minimum Gasteiger partial charge on any atom is -0.497 e. The van der Waals surface area contributed by atoms with Crippen LogP contribution in [0.4, 0.5) is 5.13 Å². The number of fused-ring (bicyclic) bond motifs is 2. The van der Waals surface area contributed by atoms with E-state index in [9.17, 15) is 14.4 Å². The Morgan fingerprint density at radius 3 is 2.66 bits per heavy atom. The van der Waals surface area contributed by atoms with Crippen LogP contribution in [0.2, 0.25) is 0 Å². The molecule has 0 spiro atoms. The number of benzene rings is 2. The normalized spacial score (nSPS) is 15.3. The lowest BCUT2D eigenvalue weighted by atomic mass is 9.98. The second kappa shape index (κ2) is 7.42. The van der Waals surface area contributed by atoms with E-state index in [4.69, 9.17) is 9.15 Å². The molecule has 2 aromatic heterocycles. The van der Waals surface area contributed by atoms with Gasteiger partial charge >= 0.3 is 0 Å². The number of ether oxygens (including phenoxy) is 1. The van der Waals surface area contributed by atoms with Crippen LogP contribution in [-0.4, -0.2) is 23.8 Å². The molecule has 2 aromatic carbocycles. The molecule has 7 nitrogen and oxygen atoms in total. The maximum Gasteiger partial charge on any atom is 0.297 e. The molecule has 1 unspecified atom stereocenters. The predicted octanol–water partition coefficient (Wildman–Crippen LogP) is 4.52. The molecule has 160 valence electrons. The summed E-state index contributed by atoms with van der Waals surface area (Å²) in [5.74, 6) is -0.0279. The summed E-state index contributed by atoms with van der Waals surface area (Å²) in [6, 6.07) is 13.3. The summed E-state index contributed by atoms with van der Waals surface area (Å²) in [5, 5.41) is 0.730. The van der Waals surface area contributed by atoms with Gasteiger partial charge in [-0.2, -0.15) is 0 Å². The third-order valence-corrected chi connectivity index (χ3v) is 6.76. The molecule has 4 aromatic rings. The summed E-state index contributed by atoms with van der Waals surface area (Å²) in [7, 11) is 1.55. The second-order valence-corrected chi connectivity index (χ2v) is 8.47. The number of aromatic nitrogens is 1. The van der Waals surface area contributed by atoms with Crippen LogP contribution in [0.1, 0.15) is 50.0 Å². The predicted molar refractivity (Wildman–Crippen MR) is 121 cm³/mol. The fourth-order valence-electron chi connectivity index (χ4n) is 4.06. The summed E-state index contributed by atoms with van der Waals surface area (Å²) >= 11 is 1.13. The van der Waals surface area contributed by atoms with E-state index in [-0.39, 0.29) is 22.5 Å². The fraction of sp³-hybridized carbons (Fsp3) is 0.167. The van der Waals surface area contributed by atoms with Gasteiger partial charge in [0, 0.05) is 6.92 Å². The number of anilines is 1. The van der Waals surface area contributed by atoms with Gasteiger partial charge in [-0.3, -0.25) is 19.3 Å². The van der Waals surface area contributed by atoms with Crippen molar-refractivity contribution in [1.29, 1.82) is 0 Å². The van der Waals surface area contributed by atoms with Crippen molar-refractivity contribution in [3.05, 3.63) is 86.2 Å². The molecule has 0 N–H and O–H groups in total. The first-order chi connectivity index (χ1) is 15.4. The van der Waals surface area contributed by atoms with Crippen LogP contribution in [0, 0.1) is 6.92 Å². The van der Waals surface area contributed by atoms with E-state index in [1.165, 1.54) is 11.8 Å². The third kappa shape index (κ3) is 2.95. The molecule has 3 heterocycles. The molecule has 0 bridgehead atoms. The molecule has 1 amide bonds. The molecule has 5 rings (SSSR count). The Kier molecular flexibility index (Phi) is 4.67. The number of carbonyl (C=O) groups excluding carboxylic acids is 2. The SMILES string of the molecule is COc1cccc(C2c3c(oc4ccccc4c3=O)C(=O)N2c2nc(C)c(C(C)=O)s2)c1. The largest absolute Gasteiger partial charge is 0.497 e. The standard InChI is InChI=1S/C24H18N2O5S/c1-12-22(13(2)27)32-24(25-12)26-19(14-7-6-8-15(11-14)30-3)18-20(28)16-9-4-5-10-17(16)31-21(18)23(26)29/h4-11,19H,1-3H3. The van der Waals surface area contributed by atoms with Crippen molar-refractivity contribution >= 4 is 39.1 Å². The maximum atomic E-state index is 13.6. The van der Waals surface area contributed by atoms with Gasteiger partial charge in [-0.05, 0) is 36.8 Å². The Balaban J connectivity index is 1.81. The molecule has 1 aliphatic heterocycles. The number of hydrogen-bond donors (Lipinski definition) is 0. The Bertz CT molecular complexity index is 1470. The van der Waals surface area contributed by atoms with Crippen molar-refractivity contribution in [2.24, 2.45) is 0 Å². The molecule has 0 saturated carbocycles. The van der Waals surface area contributed by atoms with Crippen molar-refractivity contribution in [2.45, 2.75) is 19.9 Å². The number of aryl methyl sites for hydroxylation is 1. The van der Waals surface area contributed by atoms with Crippen LogP contribution >= 0.6 is 11.3 Å². The van der Waals surface area contributed by atoms with Crippen LogP contribution < -0.4 is 15.1 Å². The Morgan fingerprint density at radius 2 is 1.94 bits per heavy atom. The number of ketones is 1. The van der Waals surface area contributed by atoms with Crippen molar-refractivity contribution in [1.82, 2.24) is 4.98 Å². The van der Waals surface area contributed by atoms with Crippen molar-refractivity contribution < 1.29 is 18.7 Å². The van der Waals surface area contributed by atoms with Crippen molar-refractivity contribution in [2.75, 3.05) is 12.0 Å². The molecule has 32 heavy (non-hydrogen) atoms. The van der Waals surface area contributed by atoms with Gasteiger partial charge in [-0.1, -0.05) is 35.6 Å². The Labute approximate surface area is 186 Å². The zero-order valence-corrected chi connectivity index (χ0v) is 18.4. The smallest absolute Gasteiger partial charge is 0.297 e. The molecule has 0 fully saturated rings. The molecule has 0 aliphatic carbocycles. The average Bonchev–Trinajstić information content (AvgIpc) is 3.32. The lowest BCUT2D eigenvalue weighted by molar-refractivity contribution is 0.0969. The molecular weight excluding hydrogens is 428 g/mol. The quantitative estimate of drug-likeness (QED) is 0.428. The monoisotopic (exact) mass is 446 g/mol. The Hall–Kier alpha value is -3.78. The van der Waals surface area contributed by atoms with Crippen LogP contribution in [0.25, 0.3) is 11.0 Å². The molecule has 0 radical (unpaired) electrons. The summed E-state index contributed by atoms with van der Waals surface area (Å²) in [6.45, 7) is 3.19. The van der Waals surface area contributed by atoms with E-state index in [2.05, 4.69) is 4.98 Å². The van der Waals surface area contributed by atoms with E-state index >= 15 is 0 Å². The summed E-state index contributed by atoms with van der Waals surface area (Å²) in [5.41, 5.74) is 1.53. The first-order valence-corrected chi connectivity index (χ1v) is 10.7. The highest BCUT2D eigenvalue weighted by atomic mass is 32.1. The maximum absolute atomic E-state index is 13.6. The van der Waals surface area contributed by atoms with Gasteiger partial charge in [0.05, 0.1) is 34.7 Å². The zero-order valence-electron chi connectivity index (χ0n) is 17.5. The highest BCUT2D eigenvalue weighted by Gasteiger charge is 2.45. The van der Waals surface area contributed by atoms with E-state index in [1.54, 1.807) is 56.5 Å². The van der Waals surface area contributed by atoms with Crippen LogP contribution in [0.15, 0.2) is 57.7 Å². The van der Waals surface area contributed by atoms with Crippen molar-refractivity contribution in [3.8, 4) is 5.75 Å². The molecule has 8 heteroatoms. The number of rotatable bonds is 4. The van der Waals surface area contributed by atoms with Gasteiger partial charge in [0.25, 0.3) is 5.91 Å². The number of Topliss-reactive ketones (excluding diaryl/α,β-unsaturated/α-hetero) is 1. The number of nitrogens with zero attached hydrogens (tertiary/aromatic N) is 2. The van der Waals surface area contributed by atoms with Gasteiger partial charge < -0.3 is 9.15 Å². The lowest BCUT2D eigenvalue weighted by Gasteiger charge is -2.22. The van der Waals surface area contributed by atoms with Gasteiger partial charge in [0.1, 0.15) is 11.3 Å². The number of carbonyl (C=O) groups is 2. The van der Waals surface area contributed by atoms with Crippen LogP contribution in [0.5, 0.6) is 5.75 Å². The number of para-hydroxylation sites is 1. The number of methoxy groups -OCH3 is 1. The number of hydrogen-bond acceptors (Lipinski definition) is 7. The Morgan fingerprint density at radius 1 is 1.16 bits per heavy atom. The van der Waals surface area contributed by atoms with E-state index in [0.29, 0.717) is 38.0 Å². The lowest BCUT2D eigenvalue weighted by Crippen LogP contribution is -2.29. The molecule has 1 aliphatic rings. The number of amides is 1. The summed E-state index contributed by atoms with van der Waals surface area (Å²) < 4.78 is 11.3. The van der Waals surface area contributed by atoms with Crippen LogP contribution in [-0.2, 0) is 0 Å². The zero-order chi connectivity index (χ0) is 22.6. The first kappa shape index (κ1) is 20.1. The average molecular weight is 446 g/mol. The minimum absolute atomic E-state index is 0.0150. The highest BCUT2D eigenvalue weighted by Crippen LogP contribution is 2.43. The van der Waals surface area contributed by atoms with E-state index < -0.39 is 11.9 Å². The van der Waals surface area contributed by atoms with E-state index in [1.807, 2.05) is 6.07 Å². The minimum atomic E-state index is -0.765. The summed E-state index contributed by atoms with van der Waals surface area (Å²) in [4.78, 5) is 45.5. The molecule has 1 atom stereocenters. The fourth-order valence-corrected chi connectivity index (χ4v) is 5.04. The first-order valence-electron chi connectivity index (χ1n) is 9.92. The molecular formula is C24H18N2O5S. The van der Waals surface area contributed by atoms with Crippen molar-refractivity contribution in [3.63, 3.8) is 0 Å². The van der Waals surface area contributed by atoms with Gasteiger partial charge in [-0.25, -0.2) is 4.98 Å². The van der Waals surface area contributed by atoms with Gasteiger partial charge in [0.2, 0.25) is 5.76 Å². The number of thiazole rings is 1. The van der Waals surface area contributed by atoms with E-state index in [0.717, 1.165) is 11.3 Å². The molecule has 0 saturated heterocycles. The third-order valence-electron chi connectivity index (χ3n) is 5.50. The van der Waals surface area contributed by atoms with Gasteiger partial charge in [-0.15, -0.1) is 0 Å². The van der Waals surface area contributed by atoms with Crippen LogP contribution in [0.3, 0.4) is 0 Å². The van der Waals surface area contributed by atoms with Gasteiger partial charge in [0.15, 0.2) is 16.3 Å². The highest BCUT2D eigenvalue weighted by molar-refractivity contribution is 7.17. The second-order valence-electron chi connectivity index (χ2n) is 7.49.